The van der Waals surface area contributed by atoms with E-state index >= 15 is 0 Å². The lowest BCUT2D eigenvalue weighted by molar-refractivity contribution is -0.183. The molecule has 0 radical (unpaired) electrons. The molecule has 4 rings (SSSR count). The molecule has 0 spiro atoms. The third kappa shape index (κ3) is 1.44. The Balaban J connectivity index is 2.05. The van der Waals surface area contributed by atoms with E-state index in [0.717, 1.165) is 0 Å². The van der Waals surface area contributed by atoms with E-state index in [1.807, 2.05) is 0 Å². The summed E-state index contributed by atoms with van der Waals surface area (Å²) in [5.74, 6) is -1.74. The lowest BCUT2D eigenvalue weighted by atomic mass is 9.57. The van der Waals surface area contributed by atoms with Crippen molar-refractivity contribution in [2.75, 3.05) is 0 Å². The van der Waals surface area contributed by atoms with Crippen LogP contribution in [0.15, 0.2) is 0 Å². The Morgan fingerprint density at radius 1 is 1.39 bits per heavy atom. The van der Waals surface area contributed by atoms with Crippen LogP contribution in [0.5, 0.6) is 0 Å². The Labute approximate surface area is 103 Å². The average Bonchev–Trinajstić information content (AvgIpc) is 2.41. The monoisotopic (exact) mass is 254 g/mol. The van der Waals surface area contributed by atoms with Gasteiger partial charge in [0.1, 0.15) is 11.7 Å². The summed E-state index contributed by atoms with van der Waals surface area (Å²) in [6.45, 7) is 0.354. The van der Waals surface area contributed by atoms with Crippen LogP contribution >= 0.6 is 0 Å². The number of carbonyl (C=O) groups is 3. The van der Waals surface area contributed by atoms with Gasteiger partial charge in [0.2, 0.25) is 0 Å². The molecule has 1 N–H and O–H groups in total. The van der Waals surface area contributed by atoms with Gasteiger partial charge in [-0.3, -0.25) is 14.4 Å². The summed E-state index contributed by atoms with van der Waals surface area (Å²) in [6.07, 6.45) is 1.27. The van der Waals surface area contributed by atoms with Crippen molar-refractivity contribution in [3.8, 4) is 0 Å². The molecule has 0 amide bonds. The number of hydrogen-bond donors (Lipinski definition) is 1. The van der Waals surface area contributed by atoms with E-state index in [1.54, 1.807) is 0 Å². The van der Waals surface area contributed by atoms with Gasteiger partial charge in [0.15, 0.2) is 0 Å². The molecule has 98 valence electrons. The highest BCUT2D eigenvalue weighted by Gasteiger charge is 2.63. The highest BCUT2D eigenvalue weighted by molar-refractivity contribution is 5.80. The van der Waals surface area contributed by atoms with Gasteiger partial charge in [-0.05, 0) is 6.42 Å². The molecular formula is C12H14O6. The molecule has 4 bridgehead atoms. The summed E-state index contributed by atoms with van der Waals surface area (Å²) in [4.78, 5) is 34.0. The van der Waals surface area contributed by atoms with E-state index in [1.165, 1.54) is 0 Å². The van der Waals surface area contributed by atoms with Crippen molar-refractivity contribution in [2.45, 2.75) is 43.8 Å². The van der Waals surface area contributed by atoms with Gasteiger partial charge in [-0.15, -0.1) is 0 Å². The van der Waals surface area contributed by atoms with Crippen LogP contribution in [0, 0.1) is 11.3 Å². The summed E-state index contributed by atoms with van der Waals surface area (Å²) < 4.78 is 10.5. The van der Waals surface area contributed by atoms with Crippen molar-refractivity contribution in [3.05, 3.63) is 0 Å². The Bertz CT molecular complexity index is 432. The number of rotatable bonds is 3. The molecule has 6 heteroatoms. The van der Waals surface area contributed by atoms with Crippen LogP contribution in [-0.4, -0.2) is 35.2 Å². The van der Waals surface area contributed by atoms with Crippen LogP contribution in [0.3, 0.4) is 0 Å². The fraction of sp³-hybridized carbons (Fsp3) is 0.750. The first kappa shape index (κ1) is 11.5. The fourth-order valence-corrected chi connectivity index (χ4v) is 3.99. The second-order valence-corrected chi connectivity index (χ2v) is 5.73. The predicted molar refractivity (Wildman–Crippen MR) is 56.4 cm³/mol. The number of aliphatic carboxylic acids is 1. The molecule has 4 unspecified atom stereocenters. The molecule has 4 atom stereocenters. The molecule has 2 saturated heterocycles. The van der Waals surface area contributed by atoms with Crippen molar-refractivity contribution in [1.29, 1.82) is 0 Å². The normalized spacial score (nSPS) is 45.2. The van der Waals surface area contributed by atoms with Gasteiger partial charge in [0.05, 0.1) is 11.3 Å². The van der Waals surface area contributed by atoms with E-state index in [2.05, 4.69) is 0 Å². The zero-order chi connectivity index (χ0) is 13.0. The number of fused-ring (bicyclic) bond motifs is 1. The van der Waals surface area contributed by atoms with E-state index in [9.17, 15) is 19.5 Å². The Morgan fingerprint density at radius 2 is 2.17 bits per heavy atom. The molecule has 2 heterocycles. The molecule has 6 nitrogen and oxygen atoms in total. The van der Waals surface area contributed by atoms with E-state index < -0.39 is 29.0 Å². The quantitative estimate of drug-likeness (QED) is 0.582. The predicted octanol–water partition coefficient (Wildman–Crippen LogP) is 0.488. The van der Waals surface area contributed by atoms with E-state index in [-0.39, 0.29) is 12.4 Å². The van der Waals surface area contributed by atoms with Crippen LogP contribution in [-0.2, 0) is 23.9 Å². The smallest absolute Gasteiger partial charge is 0.309 e. The van der Waals surface area contributed by atoms with Crippen molar-refractivity contribution in [2.24, 2.45) is 11.3 Å². The molecule has 0 aromatic carbocycles. The number of carboxylic acid groups (broad SMARTS) is 1. The van der Waals surface area contributed by atoms with Crippen LogP contribution in [0.2, 0.25) is 0 Å². The minimum Gasteiger partial charge on any atom is -0.481 e. The summed E-state index contributed by atoms with van der Waals surface area (Å²) >= 11 is 0. The molecule has 0 aromatic rings. The van der Waals surface area contributed by atoms with Gasteiger partial charge in [-0.25, -0.2) is 0 Å². The third-order valence-electron chi connectivity index (χ3n) is 4.50. The highest BCUT2D eigenvalue weighted by atomic mass is 16.6. The topological polar surface area (TPSA) is 89.9 Å². The first-order valence-electron chi connectivity index (χ1n) is 6.04. The lowest BCUT2D eigenvalue weighted by Crippen LogP contribution is -2.55. The Kier molecular flexibility index (Phi) is 2.21. The average molecular weight is 254 g/mol. The maximum atomic E-state index is 11.8. The molecule has 4 fully saturated rings. The minimum absolute atomic E-state index is 0.289. The van der Waals surface area contributed by atoms with Crippen molar-refractivity contribution >= 4 is 18.4 Å². The Hall–Kier alpha value is -1.59. The van der Waals surface area contributed by atoms with E-state index in [4.69, 9.17) is 9.47 Å². The lowest BCUT2D eigenvalue weighted by Gasteiger charge is -2.49. The molecular weight excluding hydrogens is 240 g/mol. The Morgan fingerprint density at radius 3 is 2.83 bits per heavy atom. The number of ether oxygens (including phenoxy) is 2. The number of carboxylic acids is 1. The second-order valence-electron chi connectivity index (χ2n) is 5.73. The standard InChI is InChI=1S/C12H14O6/c13-6-17-12-2-7-1-11(5-12,10(15)16)3-8(4-12)18-9(7)14/h6-8H,1-5H2,(H,15,16). The second kappa shape index (κ2) is 3.46. The highest BCUT2D eigenvalue weighted by Crippen LogP contribution is 2.57. The molecule has 0 aromatic heterocycles. The van der Waals surface area contributed by atoms with Gasteiger partial charge in [0.25, 0.3) is 6.47 Å². The zero-order valence-corrected chi connectivity index (χ0v) is 9.76. The fourth-order valence-electron chi connectivity index (χ4n) is 3.99. The van der Waals surface area contributed by atoms with Crippen molar-refractivity contribution < 1.29 is 29.0 Å². The molecule has 2 saturated carbocycles. The van der Waals surface area contributed by atoms with Gasteiger partial charge < -0.3 is 14.6 Å². The molecule has 18 heavy (non-hydrogen) atoms. The summed E-state index contributed by atoms with van der Waals surface area (Å²) in [7, 11) is 0. The number of hydrogen-bond acceptors (Lipinski definition) is 5. The van der Waals surface area contributed by atoms with Crippen LogP contribution in [0.1, 0.15) is 32.1 Å². The maximum absolute atomic E-state index is 11.8. The number of esters is 1. The van der Waals surface area contributed by atoms with E-state index in [0.29, 0.717) is 32.2 Å². The van der Waals surface area contributed by atoms with Gasteiger partial charge >= 0.3 is 11.9 Å². The molecule has 2 aliphatic heterocycles. The first-order valence-corrected chi connectivity index (χ1v) is 6.04. The van der Waals surface area contributed by atoms with Gasteiger partial charge in [0, 0.05) is 25.7 Å². The van der Waals surface area contributed by atoms with Crippen LogP contribution in [0.25, 0.3) is 0 Å². The van der Waals surface area contributed by atoms with Crippen molar-refractivity contribution in [1.82, 2.24) is 0 Å². The van der Waals surface area contributed by atoms with Crippen LogP contribution < -0.4 is 0 Å². The molecule has 4 aliphatic rings. The summed E-state index contributed by atoms with van der Waals surface area (Å²) in [6, 6.07) is 0. The third-order valence-corrected chi connectivity index (χ3v) is 4.50. The number of carbonyl (C=O) groups excluding carboxylic acids is 2. The largest absolute Gasteiger partial charge is 0.481 e. The minimum atomic E-state index is -0.985. The van der Waals surface area contributed by atoms with Crippen LogP contribution in [0.4, 0.5) is 0 Å². The van der Waals surface area contributed by atoms with Gasteiger partial charge in [-0.1, -0.05) is 0 Å². The summed E-state index contributed by atoms with van der Waals surface area (Å²) in [5.41, 5.74) is -1.82. The maximum Gasteiger partial charge on any atom is 0.309 e. The summed E-state index contributed by atoms with van der Waals surface area (Å²) in [5, 5.41) is 9.46. The first-order chi connectivity index (χ1) is 8.49. The molecule has 2 aliphatic carbocycles. The van der Waals surface area contributed by atoms with Gasteiger partial charge in [-0.2, -0.15) is 0 Å². The SMILES string of the molecule is O=COC12CC3CC(C(=O)O)(CC(C1)C(=O)O3)C2. The van der Waals surface area contributed by atoms with Crippen molar-refractivity contribution in [3.63, 3.8) is 0 Å². The zero-order valence-electron chi connectivity index (χ0n) is 9.76.